The molecule has 1 atom stereocenters. The molecule has 1 saturated heterocycles. The highest BCUT2D eigenvalue weighted by molar-refractivity contribution is 6.52. The van der Waals surface area contributed by atoms with Crippen molar-refractivity contribution in [3.8, 4) is 17.2 Å². The first-order valence-corrected chi connectivity index (χ1v) is 10.3. The van der Waals surface area contributed by atoms with Crippen LogP contribution >= 0.6 is 11.6 Å². The van der Waals surface area contributed by atoms with Gasteiger partial charge in [-0.3, -0.25) is 14.5 Å². The van der Waals surface area contributed by atoms with Crippen molar-refractivity contribution in [2.24, 2.45) is 0 Å². The minimum absolute atomic E-state index is 0.0526. The van der Waals surface area contributed by atoms with E-state index in [9.17, 15) is 19.8 Å². The number of phenols is 1. The first-order valence-electron chi connectivity index (χ1n) is 9.94. The maximum absolute atomic E-state index is 13.2. The first-order chi connectivity index (χ1) is 15.9. The van der Waals surface area contributed by atoms with E-state index in [2.05, 4.69) is 0 Å². The number of aliphatic hydroxyl groups excluding tert-OH is 1. The Morgan fingerprint density at radius 3 is 2.33 bits per heavy atom. The van der Waals surface area contributed by atoms with Crippen LogP contribution in [0.15, 0.2) is 72.3 Å². The van der Waals surface area contributed by atoms with Gasteiger partial charge in [-0.15, -0.1) is 0 Å². The summed E-state index contributed by atoms with van der Waals surface area (Å²) in [5.74, 6) is -1.42. The SMILES string of the molecule is COc1ccc(N2C(=O)C(=O)/C(=C(/O)c3ccccc3OC)C2c2cccc(O)c2)cc1Cl. The molecule has 168 valence electrons. The van der Waals surface area contributed by atoms with Crippen molar-refractivity contribution in [3.63, 3.8) is 0 Å². The highest BCUT2D eigenvalue weighted by Crippen LogP contribution is 2.44. The van der Waals surface area contributed by atoms with Crippen LogP contribution in [0, 0.1) is 0 Å². The number of halogens is 1. The molecule has 1 aliphatic heterocycles. The van der Waals surface area contributed by atoms with Gasteiger partial charge in [0.1, 0.15) is 23.0 Å². The van der Waals surface area contributed by atoms with E-state index in [1.165, 1.54) is 37.3 Å². The largest absolute Gasteiger partial charge is 0.508 e. The number of phenolic OH excluding ortho intramolecular Hbond substituents is 1. The molecule has 1 aliphatic rings. The molecule has 1 heterocycles. The fourth-order valence-electron chi connectivity index (χ4n) is 3.90. The van der Waals surface area contributed by atoms with Gasteiger partial charge < -0.3 is 19.7 Å². The van der Waals surface area contributed by atoms with Gasteiger partial charge in [0, 0.05) is 5.69 Å². The standard InChI is InChI=1S/C25H20ClNO6/c1-32-19-9-4-3-8-17(19)23(29)21-22(14-6-5-7-16(28)12-14)27(25(31)24(21)30)15-10-11-20(33-2)18(26)13-15/h3-13,22,28-29H,1-2H3/b23-21+. The molecule has 0 aliphatic carbocycles. The average Bonchev–Trinajstić information content (AvgIpc) is 3.09. The number of nitrogens with zero attached hydrogens (tertiary/aromatic N) is 1. The second-order valence-electron chi connectivity index (χ2n) is 7.28. The van der Waals surface area contributed by atoms with Crippen LogP contribution in [0.5, 0.6) is 17.2 Å². The molecule has 0 saturated carbocycles. The van der Waals surface area contributed by atoms with E-state index in [-0.39, 0.29) is 27.7 Å². The van der Waals surface area contributed by atoms with Gasteiger partial charge in [-0.1, -0.05) is 35.9 Å². The summed E-state index contributed by atoms with van der Waals surface area (Å²) in [4.78, 5) is 27.7. The summed E-state index contributed by atoms with van der Waals surface area (Å²) in [6.07, 6.45) is 0. The number of anilines is 1. The first kappa shape index (κ1) is 22.2. The fraction of sp³-hybridized carbons (Fsp3) is 0.120. The maximum Gasteiger partial charge on any atom is 0.300 e. The van der Waals surface area contributed by atoms with Gasteiger partial charge in [0.15, 0.2) is 0 Å². The van der Waals surface area contributed by atoms with Gasteiger partial charge in [0.05, 0.1) is 36.4 Å². The molecule has 3 aromatic carbocycles. The van der Waals surface area contributed by atoms with Crippen LogP contribution in [0.3, 0.4) is 0 Å². The van der Waals surface area contributed by atoms with Crippen molar-refractivity contribution in [2.75, 3.05) is 19.1 Å². The lowest BCUT2D eigenvalue weighted by Gasteiger charge is -2.26. The number of benzene rings is 3. The highest BCUT2D eigenvalue weighted by Gasteiger charge is 2.47. The Morgan fingerprint density at radius 1 is 0.939 bits per heavy atom. The van der Waals surface area contributed by atoms with E-state index in [1.807, 2.05) is 0 Å². The van der Waals surface area contributed by atoms with Crippen LogP contribution < -0.4 is 14.4 Å². The number of carbonyl (C=O) groups excluding carboxylic acids is 2. The van der Waals surface area contributed by atoms with Crippen LogP contribution in [-0.2, 0) is 9.59 Å². The zero-order chi connectivity index (χ0) is 23.7. The Hall–Kier alpha value is -3.97. The smallest absolute Gasteiger partial charge is 0.300 e. The fourth-order valence-corrected chi connectivity index (χ4v) is 4.15. The van der Waals surface area contributed by atoms with Gasteiger partial charge in [-0.25, -0.2) is 0 Å². The van der Waals surface area contributed by atoms with Crippen LogP contribution in [-0.4, -0.2) is 36.1 Å². The third-order valence-corrected chi connectivity index (χ3v) is 5.70. The van der Waals surface area contributed by atoms with Gasteiger partial charge in [0.2, 0.25) is 0 Å². The van der Waals surface area contributed by atoms with Crippen LogP contribution in [0.4, 0.5) is 5.69 Å². The Balaban J connectivity index is 1.98. The molecule has 1 unspecified atom stereocenters. The molecular formula is C25H20ClNO6. The molecule has 3 aromatic rings. The summed E-state index contributed by atoms with van der Waals surface area (Å²) in [7, 11) is 2.91. The van der Waals surface area contributed by atoms with Crippen molar-refractivity contribution in [1.82, 2.24) is 0 Å². The summed E-state index contributed by atoms with van der Waals surface area (Å²) < 4.78 is 10.5. The molecule has 8 heteroatoms. The summed E-state index contributed by atoms with van der Waals surface area (Å²) >= 11 is 6.28. The Kier molecular flexibility index (Phi) is 5.98. The topological polar surface area (TPSA) is 96.3 Å². The monoisotopic (exact) mass is 465 g/mol. The Bertz CT molecular complexity index is 1290. The number of hydrogen-bond acceptors (Lipinski definition) is 6. The molecular weight excluding hydrogens is 446 g/mol. The van der Waals surface area contributed by atoms with E-state index in [1.54, 1.807) is 48.5 Å². The van der Waals surface area contributed by atoms with E-state index in [4.69, 9.17) is 21.1 Å². The lowest BCUT2D eigenvalue weighted by molar-refractivity contribution is -0.132. The van der Waals surface area contributed by atoms with Crippen LogP contribution in [0.25, 0.3) is 5.76 Å². The second kappa shape index (κ2) is 8.88. The molecule has 7 nitrogen and oxygen atoms in total. The summed E-state index contributed by atoms with van der Waals surface area (Å²) in [6.45, 7) is 0. The number of aliphatic hydroxyl groups is 1. The maximum atomic E-state index is 13.2. The molecule has 0 spiro atoms. The molecule has 0 radical (unpaired) electrons. The number of ketones is 1. The number of Topliss-reactive ketones (excluding diaryl/α,β-unsaturated/α-hetero) is 1. The number of rotatable bonds is 5. The number of ether oxygens (including phenoxy) is 2. The molecule has 33 heavy (non-hydrogen) atoms. The number of amides is 1. The predicted octanol–water partition coefficient (Wildman–Crippen LogP) is 4.69. The Morgan fingerprint density at radius 2 is 1.67 bits per heavy atom. The minimum Gasteiger partial charge on any atom is -0.508 e. The number of hydrogen-bond donors (Lipinski definition) is 2. The molecule has 0 bridgehead atoms. The summed E-state index contributed by atoms with van der Waals surface area (Å²) in [6, 6.07) is 16.4. The van der Waals surface area contributed by atoms with Crippen LogP contribution in [0.1, 0.15) is 17.2 Å². The lowest BCUT2D eigenvalue weighted by atomic mass is 9.94. The second-order valence-corrected chi connectivity index (χ2v) is 7.69. The molecule has 2 N–H and O–H groups in total. The van der Waals surface area contributed by atoms with E-state index in [0.717, 1.165) is 0 Å². The quantitative estimate of drug-likeness (QED) is 0.322. The van der Waals surface area contributed by atoms with Crippen LogP contribution in [0.2, 0.25) is 5.02 Å². The van der Waals surface area contributed by atoms with Gasteiger partial charge in [-0.2, -0.15) is 0 Å². The summed E-state index contributed by atoms with van der Waals surface area (Å²) in [5, 5.41) is 21.5. The van der Waals surface area contributed by atoms with Crippen molar-refractivity contribution < 1.29 is 29.3 Å². The minimum atomic E-state index is -1.02. The third-order valence-electron chi connectivity index (χ3n) is 5.41. The zero-order valence-corrected chi connectivity index (χ0v) is 18.5. The number of carbonyl (C=O) groups is 2. The third kappa shape index (κ3) is 3.87. The lowest BCUT2D eigenvalue weighted by Crippen LogP contribution is -2.29. The zero-order valence-electron chi connectivity index (χ0n) is 17.8. The van der Waals surface area contributed by atoms with E-state index < -0.39 is 17.7 Å². The van der Waals surface area contributed by atoms with Crippen molar-refractivity contribution in [1.29, 1.82) is 0 Å². The summed E-state index contributed by atoms with van der Waals surface area (Å²) in [5.41, 5.74) is 0.880. The number of methoxy groups -OCH3 is 2. The van der Waals surface area contributed by atoms with Crippen molar-refractivity contribution in [2.45, 2.75) is 6.04 Å². The average molecular weight is 466 g/mol. The van der Waals surface area contributed by atoms with E-state index in [0.29, 0.717) is 22.7 Å². The molecule has 0 aromatic heterocycles. The van der Waals surface area contributed by atoms with Gasteiger partial charge in [0.25, 0.3) is 11.7 Å². The number of para-hydroxylation sites is 1. The van der Waals surface area contributed by atoms with Crippen molar-refractivity contribution in [3.05, 3.63) is 88.5 Å². The predicted molar refractivity (Wildman–Crippen MR) is 124 cm³/mol. The van der Waals surface area contributed by atoms with Gasteiger partial charge >= 0.3 is 0 Å². The highest BCUT2D eigenvalue weighted by atomic mass is 35.5. The number of aromatic hydroxyl groups is 1. The molecule has 4 rings (SSSR count). The van der Waals surface area contributed by atoms with Crippen molar-refractivity contribution >= 4 is 34.7 Å². The molecule has 1 amide bonds. The van der Waals surface area contributed by atoms with E-state index >= 15 is 0 Å². The van der Waals surface area contributed by atoms with Gasteiger partial charge in [-0.05, 0) is 48.0 Å². The molecule has 1 fully saturated rings. The Labute approximate surface area is 195 Å². The normalized spacial score (nSPS) is 17.3.